The van der Waals surface area contributed by atoms with Gasteiger partial charge in [-0.1, -0.05) is 23.2 Å². The van der Waals surface area contributed by atoms with Crippen molar-refractivity contribution in [2.45, 2.75) is 40.2 Å². The van der Waals surface area contributed by atoms with Gasteiger partial charge in [0.15, 0.2) is 5.13 Å². The zero-order valence-corrected chi connectivity index (χ0v) is 17.6. The van der Waals surface area contributed by atoms with Crippen molar-refractivity contribution in [1.82, 2.24) is 9.88 Å². The maximum absolute atomic E-state index is 12.9. The van der Waals surface area contributed by atoms with E-state index in [0.717, 1.165) is 10.6 Å². The molecule has 0 bridgehead atoms. The second kappa shape index (κ2) is 7.94. The van der Waals surface area contributed by atoms with Crippen molar-refractivity contribution >= 4 is 51.5 Å². The monoisotopic (exact) mass is 413 g/mol. The Kier molecular flexibility index (Phi) is 6.32. The van der Waals surface area contributed by atoms with E-state index in [-0.39, 0.29) is 18.4 Å². The molecule has 2 aromatic rings. The van der Waals surface area contributed by atoms with Crippen LogP contribution >= 0.6 is 34.5 Å². The summed E-state index contributed by atoms with van der Waals surface area (Å²) in [5.41, 5.74) is 0.697. The van der Waals surface area contributed by atoms with Gasteiger partial charge in [0.05, 0.1) is 15.7 Å². The fourth-order valence-corrected chi connectivity index (χ4v) is 3.36. The summed E-state index contributed by atoms with van der Waals surface area (Å²) in [4.78, 5) is 32.2. The summed E-state index contributed by atoms with van der Waals surface area (Å²) in [6.07, 6.45) is 0. The van der Waals surface area contributed by atoms with Crippen LogP contribution in [0.25, 0.3) is 0 Å². The van der Waals surface area contributed by atoms with Crippen LogP contribution in [-0.4, -0.2) is 33.8 Å². The number of carbonyl (C=O) groups excluding carboxylic acids is 2. The van der Waals surface area contributed by atoms with Gasteiger partial charge in [0.2, 0.25) is 5.91 Å². The number of aryl methyl sites for hydroxylation is 2. The van der Waals surface area contributed by atoms with Crippen molar-refractivity contribution in [2.24, 2.45) is 0 Å². The van der Waals surface area contributed by atoms with Gasteiger partial charge in [-0.2, -0.15) is 0 Å². The van der Waals surface area contributed by atoms with E-state index in [1.807, 2.05) is 34.6 Å². The largest absolute Gasteiger partial charge is 0.324 e. The third-order valence-corrected chi connectivity index (χ3v) is 5.53. The van der Waals surface area contributed by atoms with Crippen LogP contribution in [0.3, 0.4) is 0 Å². The van der Waals surface area contributed by atoms with Gasteiger partial charge < -0.3 is 10.2 Å². The molecule has 140 valence electrons. The average molecular weight is 414 g/mol. The minimum Gasteiger partial charge on any atom is -0.324 e. The Morgan fingerprint density at radius 2 is 1.85 bits per heavy atom. The first kappa shape index (κ1) is 20.7. The molecule has 1 aromatic heterocycles. The van der Waals surface area contributed by atoms with E-state index in [2.05, 4.69) is 10.3 Å². The normalized spacial score (nSPS) is 11.3. The van der Waals surface area contributed by atoms with Crippen LogP contribution in [0.1, 0.15) is 41.7 Å². The van der Waals surface area contributed by atoms with E-state index in [0.29, 0.717) is 20.7 Å². The van der Waals surface area contributed by atoms with Gasteiger partial charge in [0.1, 0.15) is 6.54 Å². The molecule has 1 aromatic carbocycles. The van der Waals surface area contributed by atoms with Crippen LogP contribution < -0.4 is 5.32 Å². The molecule has 5 nitrogen and oxygen atoms in total. The van der Waals surface area contributed by atoms with Crippen LogP contribution in [0.2, 0.25) is 10.0 Å². The SMILES string of the molecule is Cc1nc(NC(=O)CN(C(=O)c2ccc(Cl)c(Cl)c2)C(C)(C)C)sc1C. The molecule has 1 heterocycles. The molecule has 0 spiro atoms. The van der Waals surface area contributed by atoms with Gasteiger partial charge in [-0.05, 0) is 52.8 Å². The van der Waals surface area contributed by atoms with Crippen molar-refractivity contribution in [3.05, 3.63) is 44.4 Å². The second-order valence-corrected chi connectivity index (χ2v) is 8.92. The summed E-state index contributed by atoms with van der Waals surface area (Å²) in [6, 6.07) is 4.68. The lowest BCUT2D eigenvalue weighted by Gasteiger charge is -2.35. The van der Waals surface area contributed by atoms with Crippen molar-refractivity contribution in [2.75, 3.05) is 11.9 Å². The predicted molar refractivity (Wildman–Crippen MR) is 107 cm³/mol. The molecule has 8 heteroatoms. The Morgan fingerprint density at radius 1 is 1.19 bits per heavy atom. The lowest BCUT2D eigenvalue weighted by molar-refractivity contribution is -0.117. The zero-order valence-electron chi connectivity index (χ0n) is 15.3. The number of thiazole rings is 1. The topological polar surface area (TPSA) is 62.3 Å². The van der Waals surface area contributed by atoms with Crippen molar-refractivity contribution < 1.29 is 9.59 Å². The molecule has 0 atom stereocenters. The lowest BCUT2D eigenvalue weighted by atomic mass is 10.0. The summed E-state index contributed by atoms with van der Waals surface area (Å²) in [7, 11) is 0. The number of hydrogen-bond donors (Lipinski definition) is 1. The standard InChI is InChI=1S/C18H21Cl2N3O2S/c1-10-11(2)26-17(21-10)22-15(24)9-23(18(3,4)5)16(25)12-6-7-13(19)14(20)8-12/h6-8H,9H2,1-5H3,(H,21,22,24). The minimum absolute atomic E-state index is 0.0970. The minimum atomic E-state index is -0.560. The summed E-state index contributed by atoms with van der Waals surface area (Å²) < 4.78 is 0. The Bertz CT molecular complexity index is 824. The van der Waals surface area contributed by atoms with Gasteiger partial charge in [-0.15, -0.1) is 11.3 Å². The fourth-order valence-electron chi connectivity index (χ4n) is 2.23. The maximum atomic E-state index is 12.9. The molecule has 2 rings (SSSR count). The Morgan fingerprint density at radius 3 is 2.35 bits per heavy atom. The number of nitrogens with zero attached hydrogens (tertiary/aromatic N) is 2. The number of amides is 2. The lowest BCUT2D eigenvalue weighted by Crippen LogP contribution is -2.49. The Labute approximate surface area is 167 Å². The van der Waals surface area contributed by atoms with E-state index in [1.54, 1.807) is 12.1 Å². The molecule has 2 amide bonds. The highest BCUT2D eigenvalue weighted by Gasteiger charge is 2.30. The molecular weight excluding hydrogens is 393 g/mol. The average Bonchev–Trinajstić information content (AvgIpc) is 2.83. The van der Waals surface area contributed by atoms with Crippen LogP contribution in [0.5, 0.6) is 0 Å². The van der Waals surface area contributed by atoms with E-state index < -0.39 is 5.54 Å². The molecule has 0 fully saturated rings. The molecule has 0 aliphatic heterocycles. The third-order valence-electron chi connectivity index (χ3n) is 3.80. The number of hydrogen-bond acceptors (Lipinski definition) is 4. The number of anilines is 1. The van der Waals surface area contributed by atoms with E-state index in [9.17, 15) is 9.59 Å². The summed E-state index contributed by atoms with van der Waals surface area (Å²) in [6.45, 7) is 9.34. The number of benzene rings is 1. The molecule has 0 saturated carbocycles. The highest BCUT2D eigenvalue weighted by Crippen LogP contribution is 2.25. The quantitative estimate of drug-likeness (QED) is 0.771. The molecule has 0 saturated heterocycles. The number of rotatable bonds is 4. The molecule has 0 radical (unpaired) electrons. The molecule has 0 unspecified atom stereocenters. The van der Waals surface area contributed by atoms with Gasteiger partial charge in [0, 0.05) is 16.0 Å². The summed E-state index contributed by atoms with van der Waals surface area (Å²) in [5.74, 6) is -0.597. The van der Waals surface area contributed by atoms with Gasteiger partial charge in [0.25, 0.3) is 5.91 Å². The van der Waals surface area contributed by atoms with Crippen LogP contribution in [0.15, 0.2) is 18.2 Å². The van der Waals surface area contributed by atoms with Crippen molar-refractivity contribution in [1.29, 1.82) is 0 Å². The van der Waals surface area contributed by atoms with E-state index in [4.69, 9.17) is 23.2 Å². The highest BCUT2D eigenvalue weighted by molar-refractivity contribution is 7.15. The fraction of sp³-hybridized carbons (Fsp3) is 0.389. The number of aromatic nitrogens is 1. The van der Waals surface area contributed by atoms with Crippen molar-refractivity contribution in [3.8, 4) is 0 Å². The first-order chi connectivity index (χ1) is 12.0. The van der Waals surface area contributed by atoms with E-state index >= 15 is 0 Å². The number of carbonyl (C=O) groups is 2. The second-order valence-electron chi connectivity index (χ2n) is 6.90. The van der Waals surface area contributed by atoms with Crippen molar-refractivity contribution in [3.63, 3.8) is 0 Å². The molecule has 0 aliphatic rings. The first-order valence-corrected chi connectivity index (χ1v) is 9.57. The van der Waals surface area contributed by atoms with Crippen LogP contribution in [0, 0.1) is 13.8 Å². The predicted octanol–water partition coefficient (Wildman–Crippen LogP) is 4.95. The molecular formula is C18H21Cl2N3O2S. The summed E-state index contributed by atoms with van der Waals surface area (Å²) >= 11 is 13.3. The third kappa shape index (κ3) is 4.96. The van der Waals surface area contributed by atoms with Crippen LogP contribution in [0.4, 0.5) is 5.13 Å². The van der Waals surface area contributed by atoms with Gasteiger partial charge >= 0.3 is 0 Å². The van der Waals surface area contributed by atoms with Gasteiger partial charge in [-0.25, -0.2) is 4.98 Å². The van der Waals surface area contributed by atoms with Crippen LogP contribution in [-0.2, 0) is 4.79 Å². The molecule has 0 aliphatic carbocycles. The number of halogens is 2. The first-order valence-electron chi connectivity index (χ1n) is 8.00. The zero-order chi connectivity index (χ0) is 19.6. The Balaban J connectivity index is 2.20. The molecule has 1 N–H and O–H groups in total. The van der Waals surface area contributed by atoms with E-state index in [1.165, 1.54) is 22.3 Å². The molecule has 26 heavy (non-hydrogen) atoms. The smallest absolute Gasteiger partial charge is 0.254 e. The number of nitrogens with one attached hydrogen (secondary N) is 1. The highest BCUT2D eigenvalue weighted by atomic mass is 35.5. The maximum Gasteiger partial charge on any atom is 0.254 e. The summed E-state index contributed by atoms with van der Waals surface area (Å²) in [5, 5.41) is 3.96. The Hall–Kier alpha value is -1.63. The van der Waals surface area contributed by atoms with Gasteiger partial charge in [-0.3, -0.25) is 9.59 Å².